The van der Waals surface area contributed by atoms with E-state index in [0.717, 1.165) is 49.2 Å². The molecule has 2 aliphatic heterocycles. The third-order valence-corrected chi connectivity index (χ3v) is 5.20. The Labute approximate surface area is 167 Å². The van der Waals surface area contributed by atoms with Gasteiger partial charge in [-0.1, -0.05) is 12.1 Å². The lowest BCUT2D eigenvalue weighted by atomic mass is 9.92. The van der Waals surface area contributed by atoms with E-state index in [1.54, 1.807) is 0 Å². The molecule has 1 aromatic carbocycles. The van der Waals surface area contributed by atoms with E-state index >= 15 is 0 Å². The minimum atomic E-state index is -0.486. The minimum Gasteiger partial charge on any atom is -0.491 e. The Balaban J connectivity index is 0.00000261. The van der Waals surface area contributed by atoms with Crippen molar-refractivity contribution >= 4 is 18.3 Å². The maximum absolute atomic E-state index is 12.4. The van der Waals surface area contributed by atoms with Crippen LogP contribution in [0.5, 0.6) is 5.75 Å². The molecule has 152 valence electrons. The molecule has 0 aliphatic carbocycles. The van der Waals surface area contributed by atoms with Crippen LogP contribution in [0.3, 0.4) is 0 Å². The van der Waals surface area contributed by atoms with Crippen molar-refractivity contribution in [2.75, 3.05) is 26.4 Å². The van der Waals surface area contributed by atoms with Crippen LogP contribution >= 0.6 is 12.4 Å². The molecule has 0 saturated carbocycles. The van der Waals surface area contributed by atoms with Gasteiger partial charge >= 0.3 is 0 Å². The average Bonchev–Trinajstić information content (AvgIpc) is 3.19. The minimum absolute atomic E-state index is 0. The van der Waals surface area contributed by atoms with Crippen LogP contribution in [0.25, 0.3) is 0 Å². The highest BCUT2D eigenvalue weighted by Gasteiger charge is 2.26. The molecule has 2 unspecified atom stereocenters. The standard InChI is InChI=1S/C20H30N2O4.ClH/c1-14-4-5-16(18(11-14)26-13-17-3-2-8-25-17)12-22-20(23)19(21)15-6-9-24-10-7-15;/h4-5,11,15,17,19H,2-3,6-10,12-13,21H2,1H3,(H,22,23);1H. The molecule has 3 rings (SSSR count). The molecule has 0 spiro atoms. The van der Waals surface area contributed by atoms with E-state index in [1.807, 2.05) is 25.1 Å². The number of amides is 1. The lowest BCUT2D eigenvalue weighted by Crippen LogP contribution is -2.46. The summed E-state index contributed by atoms with van der Waals surface area (Å²) < 4.78 is 16.9. The van der Waals surface area contributed by atoms with Crippen LogP contribution in [-0.4, -0.2) is 44.5 Å². The van der Waals surface area contributed by atoms with Crippen LogP contribution in [0.15, 0.2) is 18.2 Å². The van der Waals surface area contributed by atoms with Gasteiger partial charge in [0.05, 0.1) is 12.1 Å². The molecule has 6 nitrogen and oxygen atoms in total. The van der Waals surface area contributed by atoms with Crippen molar-refractivity contribution < 1.29 is 19.0 Å². The van der Waals surface area contributed by atoms with E-state index in [4.69, 9.17) is 19.9 Å². The van der Waals surface area contributed by atoms with E-state index in [2.05, 4.69) is 5.32 Å². The van der Waals surface area contributed by atoms with Crippen LogP contribution in [0.1, 0.15) is 36.8 Å². The molecule has 7 heteroatoms. The Morgan fingerprint density at radius 1 is 1.30 bits per heavy atom. The van der Waals surface area contributed by atoms with Gasteiger partial charge in [0.1, 0.15) is 12.4 Å². The van der Waals surface area contributed by atoms with Gasteiger partial charge in [-0.2, -0.15) is 0 Å². The average molecular weight is 399 g/mol. The predicted octanol–water partition coefficient (Wildman–Crippen LogP) is 2.34. The quantitative estimate of drug-likeness (QED) is 0.736. The Morgan fingerprint density at radius 2 is 2.07 bits per heavy atom. The van der Waals surface area contributed by atoms with Gasteiger partial charge in [0.15, 0.2) is 0 Å². The van der Waals surface area contributed by atoms with Gasteiger partial charge in [-0.3, -0.25) is 4.79 Å². The first-order chi connectivity index (χ1) is 12.6. The molecule has 2 aliphatic rings. The summed E-state index contributed by atoms with van der Waals surface area (Å²) in [6, 6.07) is 5.55. The van der Waals surface area contributed by atoms with E-state index in [1.165, 1.54) is 0 Å². The van der Waals surface area contributed by atoms with Crippen molar-refractivity contribution in [1.82, 2.24) is 5.32 Å². The molecular weight excluding hydrogens is 368 g/mol. The second kappa shape index (κ2) is 10.9. The largest absolute Gasteiger partial charge is 0.491 e. The van der Waals surface area contributed by atoms with Gasteiger partial charge in [0.25, 0.3) is 0 Å². The number of carbonyl (C=O) groups is 1. The van der Waals surface area contributed by atoms with Crippen LogP contribution in [0, 0.1) is 12.8 Å². The number of rotatable bonds is 7. The molecular formula is C20H31ClN2O4. The predicted molar refractivity (Wildman–Crippen MR) is 106 cm³/mol. The number of carbonyl (C=O) groups excluding carboxylic acids is 1. The molecule has 1 aromatic rings. The number of benzene rings is 1. The zero-order chi connectivity index (χ0) is 18.4. The second-order valence-corrected chi connectivity index (χ2v) is 7.25. The summed E-state index contributed by atoms with van der Waals surface area (Å²) in [7, 11) is 0. The van der Waals surface area contributed by atoms with Gasteiger partial charge in [-0.25, -0.2) is 0 Å². The number of aryl methyl sites for hydroxylation is 1. The first kappa shape index (κ1) is 22.0. The number of hydrogen-bond donors (Lipinski definition) is 2. The van der Waals surface area contributed by atoms with Crippen molar-refractivity contribution in [1.29, 1.82) is 0 Å². The molecule has 1 amide bonds. The normalized spacial score (nSPS) is 21.3. The molecule has 2 saturated heterocycles. The molecule has 0 bridgehead atoms. The zero-order valence-electron chi connectivity index (χ0n) is 15.9. The topological polar surface area (TPSA) is 82.8 Å². The molecule has 2 heterocycles. The van der Waals surface area contributed by atoms with Crippen molar-refractivity contribution in [3.63, 3.8) is 0 Å². The second-order valence-electron chi connectivity index (χ2n) is 7.25. The lowest BCUT2D eigenvalue weighted by molar-refractivity contribution is -0.124. The summed E-state index contributed by atoms with van der Waals surface area (Å²) in [5.41, 5.74) is 8.23. The summed E-state index contributed by atoms with van der Waals surface area (Å²) >= 11 is 0. The number of nitrogens with two attached hydrogens (primary N) is 1. The molecule has 0 aromatic heterocycles. The fourth-order valence-corrected chi connectivity index (χ4v) is 3.49. The van der Waals surface area contributed by atoms with Crippen LogP contribution in [0.4, 0.5) is 0 Å². The summed E-state index contributed by atoms with van der Waals surface area (Å²) in [5.74, 6) is 0.889. The SMILES string of the molecule is Cc1ccc(CNC(=O)C(N)C2CCOCC2)c(OCC2CCCO2)c1.Cl. The summed E-state index contributed by atoms with van der Waals surface area (Å²) in [6.07, 6.45) is 3.98. The van der Waals surface area contributed by atoms with Crippen molar-refractivity contribution in [2.24, 2.45) is 11.7 Å². The van der Waals surface area contributed by atoms with Crippen molar-refractivity contribution in [3.05, 3.63) is 29.3 Å². The molecule has 2 atom stereocenters. The molecule has 2 fully saturated rings. The number of halogens is 1. The summed E-state index contributed by atoms with van der Waals surface area (Å²) in [5, 5.41) is 2.97. The smallest absolute Gasteiger partial charge is 0.237 e. The van der Waals surface area contributed by atoms with Crippen LogP contribution < -0.4 is 15.8 Å². The van der Waals surface area contributed by atoms with Gasteiger partial charge in [0.2, 0.25) is 5.91 Å². The molecule has 0 radical (unpaired) electrons. The van der Waals surface area contributed by atoms with E-state index < -0.39 is 6.04 Å². The lowest BCUT2D eigenvalue weighted by Gasteiger charge is -2.26. The van der Waals surface area contributed by atoms with E-state index in [9.17, 15) is 4.79 Å². The van der Waals surface area contributed by atoms with Crippen molar-refractivity contribution in [3.8, 4) is 5.75 Å². The van der Waals surface area contributed by atoms with Crippen LogP contribution in [-0.2, 0) is 20.8 Å². The highest BCUT2D eigenvalue weighted by molar-refractivity contribution is 5.85. The highest BCUT2D eigenvalue weighted by atomic mass is 35.5. The van der Waals surface area contributed by atoms with E-state index in [-0.39, 0.29) is 30.3 Å². The van der Waals surface area contributed by atoms with Gasteiger partial charge in [-0.05, 0) is 50.2 Å². The monoisotopic (exact) mass is 398 g/mol. The fourth-order valence-electron chi connectivity index (χ4n) is 3.49. The maximum atomic E-state index is 12.4. The highest BCUT2D eigenvalue weighted by Crippen LogP contribution is 2.23. The Morgan fingerprint density at radius 3 is 2.78 bits per heavy atom. The third kappa shape index (κ3) is 6.35. The number of hydrogen-bond acceptors (Lipinski definition) is 5. The van der Waals surface area contributed by atoms with Crippen LogP contribution in [0.2, 0.25) is 0 Å². The summed E-state index contributed by atoms with van der Waals surface area (Å²) in [6.45, 7) is 5.18. The van der Waals surface area contributed by atoms with Gasteiger partial charge < -0.3 is 25.3 Å². The van der Waals surface area contributed by atoms with Gasteiger partial charge in [-0.15, -0.1) is 12.4 Å². The summed E-state index contributed by atoms with van der Waals surface area (Å²) in [4.78, 5) is 12.4. The Bertz CT molecular complexity index is 602. The molecule has 3 N–H and O–H groups in total. The third-order valence-electron chi connectivity index (χ3n) is 5.20. The zero-order valence-corrected chi connectivity index (χ0v) is 16.8. The first-order valence-corrected chi connectivity index (χ1v) is 9.58. The van der Waals surface area contributed by atoms with Gasteiger partial charge in [0, 0.05) is 31.9 Å². The number of ether oxygens (including phenoxy) is 3. The van der Waals surface area contributed by atoms with E-state index in [0.29, 0.717) is 26.4 Å². The Kier molecular flexibility index (Phi) is 8.83. The maximum Gasteiger partial charge on any atom is 0.237 e. The number of nitrogens with one attached hydrogen (secondary N) is 1. The fraction of sp³-hybridized carbons (Fsp3) is 0.650. The Hall–Kier alpha value is -1.34. The first-order valence-electron chi connectivity index (χ1n) is 9.58. The molecule has 27 heavy (non-hydrogen) atoms. The van der Waals surface area contributed by atoms with Crippen molar-refractivity contribution in [2.45, 2.75) is 51.3 Å².